The van der Waals surface area contributed by atoms with Crippen LogP contribution in [0.5, 0.6) is 0 Å². The zero-order valence-corrected chi connectivity index (χ0v) is 11.9. The molecule has 0 saturated carbocycles. The maximum absolute atomic E-state index is 8.91. The SMILES string of the molecule is N#Cc1nccnc1Nc1ccc(Br)c(Cl)c1Cl. The van der Waals surface area contributed by atoms with Crippen LogP contribution in [0.25, 0.3) is 0 Å². The van der Waals surface area contributed by atoms with E-state index in [1.807, 2.05) is 6.07 Å². The molecule has 4 nitrogen and oxygen atoms in total. The van der Waals surface area contributed by atoms with Gasteiger partial charge in [-0.15, -0.1) is 0 Å². The second-order valence-electron chi connectivity index (χ2n) is 3.21. The predicted octanol–water partition coefficient (Wildman–Crippen LogP) is 4.16. The Morgan fingerprint density at radius 1 is 1.17 bits per heavy atom. The summed E-state index contributed by atoms with van der Waals surface area (Å²) in [5.74, 6) is 0.334. The van der Waals surface area contributed by atoms with Crippen molar-refractivity contribution >= 4 is 50.6 Å². The van der Waals surface area contributed by atoms with Crippen molar-refractivity contribution in [3.8, 4) is 6.07 Å². The number of nitrogens with one attached hydrogen (secondary N) is 1. The van der Waals surface area contributed by atoms with Gasteiger partial charge in [-0.3, -0.25) is 0 Å². The minimum atomic E-state index is 0.188. The van der Waals surface area contributed by atoms with E-state index in [2.05, 4.69) is 31.2 Å². The third kappa shape index (κ3) is 2.56. The van der Waals surface area contributed by atoms with Gasteiger partial charge in [0.05, 0.1) is 15.7 Å². The van der Waals surface area contributed by atoms with Crippen LogP contribution in [0, 0.1) is 11.3 Å². The van der Waals surface area contributed by atoms with Crippen LogP contribution in [0.1, 0.15) is 5.69 Å². The molecule has 0 spiro atoms. The van der Waals surface area contributed by atoms with Crippen LogP contribution in [0.2, 0.25) is 10.0 Å². The van der Waals surface area contributed by atoms with Gasteiger partial charge in [0.2, 0.25) is 0 Å². The summed E-state index contributed by atoms with van der Waals surface area (Å²) >= 11 is 15.4. The zero-order chi connectivity index (χ0) is 13.1. The van der Waals surface area contributed by atoms with Crippen molar-refractivity contribution in [2.75, 3.05) is 5.32 Å². The van der Waals surface area contributed by atoms with E-state index in [1.54, 1.807) is 12.1 Å². The van der Waals surface area contributed by atoms with Gasteiger partial charge in [-0.25, -0.2) is 9.97 Å². The number of benzene rings is 1. The van der Waals surface area contributed by atoms with Crippen molar-refractivity contribution in [3.63, 3.8) is 0 Å². The predicted molar refractivity (Wildman–Crippen MR) is 74.2 cm³/mol. The molecule has 0 unspecified atom stereocenters. The first-order valence-electron chi connectivity index (χ1n) is 4.75. The second kappa shape index (κ2) is 5.53. The third-order valence-corrected chi connectivity index (χ3v) is 3.86. The Bertz CT molecular complexity index is 639. The summed E-state index contributed by atoms with van der Waals surface area (Å²) in [4.78, 5) is 7.92. The molecule has 1 aromatic carbocycles. The first kappa shape index (κ1) is 13.1. The largest absolute Gasteiger partial charge is 0.337 e. The van der Waals surface area contributed by atoms with E-state index in [4.69, 9.17) is 28.5 Å². The van der Waals surface area contributed by atoms with Crippen molar-refractivity contribution < 1.29 is 0 Å². The first-order chi connectivity index (χ1) is 8.63. The summed E-state index contributed by atoms with van der Waals surface area (Å²) in [6.07, 6.45) is 2.93. The lowest BCUT2D eigenvalue weighted by Gasteiger charge is -2.10. The molecule has 2 aromatic rings. The van der Waals surface area contributed by atoms with Gasteiger partial charge in [-0.2, -0.15) is 5.26 Å². The number of anilines is 2. The molecule has 0 aliphatic heterocycles. The monoisotopic (exact) mass is 342 g/mol. The average molecular weight is 344 g/mol. The third-order valence-electron chi connectivity index (χ3n) is 2.09. The van der Waals surface area contributed by atoms with Gasteiger partial charge in [0, 0.05) is 16.9 Å². The molecule has 0 atom stereocenters. The summed E-state index contributed by atoms with van der Waals surface area (Å²) in [7, 11) is 0. The van der Waals surface area contributed by atoms with Crippen LogP contribution < -0.4 is 5.32 Å². The molecule has 7 heteroatoms. The Labute approximate surface area is 122 Å². The van der Waals surface area contributed by atoms with Gasteiger partial charge in [0.1, 0.15) is 6.07 Å². The van der Waals surface area contributed by atoms with Crippen LogP contribution >= 0.6 is 39.1 Å². The molecule has 0 amide bonds. The molecule has 1 N–H and O–H groups in total. The Balaban J connectivity index is 2.41. The quantitative estimate of drug-likeness (QED) is 0.831. The van der Waals surface area contributed by atoms with E-state index in [0.29, 0.717) is 26.0 Å². The highest BCUT2D eigenvalue weighted by molar-refractivity contribution is 9.10. The van der Waals surface area contributed by atoms with Crippen molar-refractivity contribution in [2.45, 2.75) is 0 Å². The Kier molecular flexibility index (Phi) is 4.02. The zero-order valence-electron chi connectivity index (χ0n) is 8.78. The second-order valence-corrected chi connectivity index (χ2v) is 4.82. The van der Waals surface area contributed by atoms with Crippen molar-refractivity contribution in [2.24, 2.45) is 0 Å². The normalized spacial score (nSPS) is 9.89. The van der Waals surface area contributed by atoms with Crippen LogP contribution in [-0.4, -0.2) is 9.97 Å². The topological polar surface area (TPSA) is 61.6 Å². The summed E-state index contributed by atoms with van der Waals surface area (Å²) in [6, 6.07) is 5.42. The fraction of sp³-hybridized carbons (Fsp3) is 0. The van der Waals surface area contributed by atoms with E-state index < -0.39 is 0 Å². The maximum Gasteiger partial charge on any atom is 0.183 e. The summed E-state index contributed by atoms with van der Waals surface area (Å²) in [5, 5.41) is 12.6. The molecule has 0 radical (unpaired) electrons. The number of rotatable bonds is 2. The van der Waals surface area contributed by atoms with E-state index in [9.17, 15) is 0 Å². The molecule has 18 heavy (non-hydrogen) atoms. The molecular weight excluding hydrogens is 339 g/mol. The van der Waals surface area contributed by atoms with E-state index >= 15 is 0 Å². The Morgan fingerprint density at radius 3 is 2.61 bits per heavy atom. The number of hydrogen-bond donors (Lipinski definition) is 1. The molecule has 1 aromatic heterocycles. The number of aromatic nitrogens is 2. The van der Waals surface area contributed by atoms with E-state index in [-0.39, 0.29) is 5.69 Å². The molecule has 2 rings (SSSR count). The Morgan fingerprint density at radius 2 is 1.89 bits per heavy atom. The highest BCUT2D eigenvalue weighted by atomic mass is 79.9. The van der Waals surface area contributed by atoms with Gasteiger partial charge >= 0.3 is 0 Å². The summed E-state index contributed by atoms with van der Waals surface area (Å²) < 4.78 is 0.694. The lowest BCUT2D eigenvalue weighted by Crippen LogP contribution is -1.99. The van der Waals surface area contributed by atoms with Crippen molar-refractivity contribution in [1.29, 1.82) is 5.26 Å². The maximum atomic E-state index is 8.91. The molecular formula is C11H5BrCl2N4. The smallest absolute Gasteiger partial charge is 0.183 e. The van der Waals surface area contributed by atoms with Crippen LogP contribution in [0.4, 0.5) is 11.5 Å². The van der Waals surface area contributed by atoms with Gasteiger partial charge in [0.25, 0.3) is 0 Å². The van der Waals surface area contributed by atoms with E-state index in [1.165, 1.54) is 12.4 Å². The fourth-order valence-corrected chi connectivity index (χ4v) is 2.08. The highest BCUT2D eigenvalue weighted by Gasteiger charge is 2.11. The lowest BCUT2D eigenvalue weighted by atomic mass is 10.3. The van der Waals surface area contributed by atoms with Crippen LogP contribution in [-0.2, 0) is 0 Å². The molecule has 0 aliphatic rings. The van der Waals surface area contributed by atoms with E-state index in [0.717, 1.165) is 0 Å². The average Bonchev–Trinajstić information content (AvgIpc) is 2.40. The summed E-state index contributed by atoms with van der Waals surface area (Å²) in [6.45, 7) is 0. The number of nitrogens with zero attached hydrogens (tertiary/aromatic N) is 3. The van der Waals surface area contributed by atoms with Gasteiger partial charge < -0.3 is 5.32 Å². The molecule has 90 valence electrons. The van der Waals surface area contributed by atoms with Crippen molar-refractivity contribution in [1.82, 2.24) is 9.97 Å². The van der Waals surface area contributed by atoms with Gasteiger partial charge in [-0.1, -0.05) is 23.2 Å². The van der Waals surface area contributed by atoms with Crippen molar-refractivity contribution in [3.05, 3.63) is 44.7 Å². The standard InChI is InChI=1S/C11H5BrCl2N4/c12-6-1-2-7(10(14)9(6)13)18-11-8(5-15)16-3-4-17-11/h1-4H,(H,17,18). The lowest BCUT2D eigenvalue weighted by molar-refractivity contribution is 1.16. The molecule has 0 fully saturated rings. The summed E-state index contributed by atoms with van der Waals surface area (Å²) in [5.41, 5.74) is 0.745. The molecule has 0 bridgehead atoms. The van der Waals surface area contributed by atoms with Gasteiger partial charge in [-0.05, 0) is 28.1 Å². The first-order valence-corrected chi connectivity index (χ1v) is 6.30. The highest BCUT2D eigenvalue weighted by Crippen LogP contribution is 2.36. The number of nitriles is 1. The minimum absolute atomic E-state index is 0.188. The van der Waals surface area contributed by atoms with Crippen LogP contribution in [0.3, 0.4) is 0 Å². The molecule has 0 saturated heterocycles. The molecule has 0 aliphatic carbocycles. The molecule has 1 heterocycles. The fourth-order valence-electron chi connectivity index (χ4n) is 1.26. The Hall–Kier alpha value is -1.35. The van der Waals surface area contributed by atoms with Crippen LogP contribution in [0.15, 0.2) is 29.0 Å². The van der Waals surface area contributed by atoms with Gasteiger partial charge in [0.15, 0.2) is 11.5 Å². The minimum Gasteiger partial charge on any atom is -0.337 e. The number of halogens is 3. The number of hydrogen-bond acceptors (Lipinski definition) is 4.